The van der Waals surface area contributed by atoms with Crippen molar-refractivity contribution >= 4 is 6.03 Å². The monoisotopic (exact) mass is 195 g/mol. The van der Waals surface area contributed by atoms with Crippen LogP contribution in [-0.4, -0.2) is 47.7 Å². The summed E-state index contributed by atoms with van der Waals surface area (Å²) >= 11 is 0. The van der Waals surface area contributed by atoms with Crippen molar-refractivity contribution in [3.63, 3.8) is 0 Å². The number of carbonyl (C=O) groups is 1. The Balaban J connectivity index is 1.67. The van der Waals surface area contributed by atoms with E-state index in [2.05, 4.69) is 10.2 Å². The van der Waals surface area contributed by atoms with Crippen LogP contribution in [0.2, 0.25) is 0 Å². The fourth-order valence-electron chi connectivity index (χ4n) is 2.52. The molecule has 4 heteroatoms. The van der Waals surface area contributed by atoms with E-state index in [1.807, 2.05) is 4.90 Å². The van der Waals surface area contributed by atoms with Crippen LogP contribution in [0.4, 0.5) is 4.79 Å². The molecule has 1 saturated carbocycles. The maximum absolute atomic E-state index is 12.0. The molecule has 3 rings (SSSR count). The molecule has 78 valence electrons. The van der Waals surface area contributed by atoms with Gasteiger partial charge in [0.05, 0.1) is 6.17 Å². The minimum Gasteiger partial charge on any atom is -0.320 e. The van der Waals surface area contributed by atoms with Crippen molar-refractivity contribution in [2.75, 3.05) is 19.6 Å². The van der Waals surface area contributed by atoms with Crippen molar-refractivity contribution in [3.05, 3.63) is 0 Å². The molecule has 0 spiro atoms. The number of hydrogen-bond acceptors (Lipinski definition) is 2. The Labute approximate surface area is 84.2 Å². The zero-order chi connectivity index (χ0) is 9.54. The molecule has 0 aromatic rings. The quantitative estimate of drug-likeness (QED) is 0.700. The van der Waals surface area contributed by atoms with Crippen LogP contribution in [0.15, 0.2) is 0 Å². The molecule has 1 aliphatic carbocycles. The van der Waals surface area contributed by atoms with E-state index in [1.54, 1.807) is 0 Å². The molecular formula is C10H17N3O. The maximum Gasteiger partial charge on any atom is 0.321 e. The van der Waals surface area contributed by atoms with Crippen LogP contribution >= 0.6 is 0 Å². The van der Waals surface area contributed by atoms with Crippen LogP contribution in [0.1, 0.15) is 25.7 Å². The number of hydrogen-bond donors (Lipinski definition) is 1. The summed E-state index contributed by atoms with van der Waals surface area (Å²) in [6, 6.07) is 0.848. The highest BCUT2D eigenvalue weighted by molar-refractivity contribution is 5.77. The lowest BCUT2D eigenvalue weighted by molar-refractivity contribution is 0.171. The third-order valence-electron chi connectivity index (χ3n) is 3.47. The van der Waals surface area contributed by atoms with Crippen molar-refractivity contribution in [2.45, 2.75) is 37.9 Å². The first-order valence-corrected chi connectivity index (χ1v) is 5.67. The predicted molar refractivity (Wildman–Crippen MR) is 52.9 cm³/mol. The van der Waals surface area contributed by atoms with E-state index in [0.29, 0.717) is 12.2 Å². The summed E-state index contributed by atoms with van der Waals surface area (Å²) in [5.41, 5.74) is 0. The lowest BCUT2D eigenvalue weighted by atomic mass is 10.3. The van der Waals surface area contributed by atoms with E-state index in [1.165, 1.54) is 19.3 Å². The van der Waals surface area contributed by atoms with Crippen LogP contribution in [0.5, 0.6) is 0 Å². The highest BCUT2D eigenvalue weighted by atomic mass is 16.2. The lowest BCUT2D eigenvalue weighted by Gasteiger charge is -2.24. The van der Waals surface area contributed by atoms with Crippen molar-refractivity contribution in [1.29, 1.82) is 0 Å². The highest BCUT2D eigenvalue weighted by Crippen LogP contribution is 2.30. The van der Waals surface area contributed by atoms with E-state index >= 15 is 0 Å². The third kappa shape index (κ3) is 1.29. The Kier molecular flexibility index (Phi) is 1.90. The van der Waals surface area contributed by atoms with E-state index < -0.39 is 0 Å². The van der Waals surface area contributed by atoms with Crippen LogP contribution in [0, 0.1) is 0 Å². The average Bonchev–Trinajstić information content (AvgIpc) is 2.76. The fraction of sp³-hybridized carbons (Fsp3) is 0.900. The summed E-state index contributed by atoms with van der Waals surface area (Å²) in [4.78, 5) is 16.1. The van der Waals surface area contributed by atoms with Crippen LogP contribution in [0.3, 0.4) is 0 Å². The van der Waals surface area contributed by atoms with Gasteiger partial charge in [-0.25, -0.2) is 4.79 Å². The molecule has 1 unspecified atom stereocenters. The van der Waals surface area contributed by atoms with Crippen molar-refractivity contribution in [2.24, 2.45) is 0 Å². The highest BCUT2D eigenvalue weighted by Gasteiger charge is 2.41. The van der Waals surface area contributed by atoms with E-state index in [9.17, 15) is 4.79 Å². The van der Waals surface area contributed by atoms with Gasteiger partial charge in [0.2, 0.25) is 0 Å². The lowest BCUT2D eigenvalue weighted by Crippen LogP contribution is -2.44. The number of nitrogens with zero attached hydrogens (tertiary/aromatic N) is 2. The van der Waals surface area contributed by atoms with Gasteiger partial charge in [0, 0.05) is 19.1 Å². The normalized spacial score (nSPS) is 33.1. The molecule has 2 saturated heterocycles. The molecular weight excluding hydrogens is 178 g/mol. The van der Waals surface area contributed by atoms with Crippen molar-refractivity contribution in [1.82, 2.24) is 15.1 Å². The number of nitrogens with one attached hydrogen (secondary N) is 1. The first kappa shape index (κ1) is 8.53. The molecule has 3 aliphatic rings. The van der Waals surface area contributed by atoms with Gasteiger partial charge in [-0.15, -0.1) is 0 Å². The SMILES string of the molecule is O=C1N(C2CC2)CCN1C1CCCN1. The number of urea groups is 1. The molecule has 0 aromatic carbocycles. The van der Waals surface area contributed by atoms with Crippen LogP contribution in [-0.2, 0) is 0 Å². The van der Waals surface area contributed by atoms with E-state index in [4.69, 9.17) is 0 Å². The minimum atomic E-state index is 0.270. The molecule has 2 amide bonds. The second kappa shape index (κ2) is 3.12. The Bertz CT molecular complexity index is 246. The molecule has 4 nitrogen and oxygen atoms in total. The standard InChI is InChI=1S/C10H17N3O/c14-10-12(8-3-4-8)6-7-13(10)9-2-1-5-11-9/h8-9,11H,1-7H2. The summed E-state index contributed by atoms with van der Waals surface area (Å²) in [5.74, 6) is 0. The molecule has 0 aromatic heterocycles. The summed E-state index contributed by atoms with van der Waals surface area (Å²) in [6.07, 6.45) is 5.10. The summed E-state index contributed by atoms with van der Waals surface area (Å²) < 4.78 is 0. The van der Waals surface area contributed by atoms with Gasteiger partial charge in [0.25, 0.3) is 0 Å². The topological polar surface area (TPSA) is 35.6 Å². The molecule has 1 N–H and O–H groups in total. The van der Waals surface area contributed by atoms with Crippen LogP contribution in [0.25, 0.3) is 0 Å². The summed E-state index contributed by atoms with van der Waals surface area (Å²) in [6.45, 7) is 2.94. The molecule has 3 fully saturated rings. The van der Waals surface area contributed by atoms with Gasteiger partial charge in [-0.3, -0.25) is 5.32 Å². The first-order valence-electron chi connectivity index (χ1n) is 5.67. The number of amides is 2. The van der Waals surface area contributed by atoms with E-state index in [0.717, 1.165) is 26.1 Å². The molecule has 14 heavy (non-hydrogen) atoms. The molecule has 0 radical (unpaired) electrons. The summed E-state index contributed by atoms with van der Waals surface area (Å²) in [7, 11) is 0. The fourth-order valence-corrected chi connectivity index (χ4v) is 2.52. The van der Waals surface area contributed by atoms with Crippen LogP contribution < -0.4 is 5.32 Å². The van der Waals surface area contributed by atoms with Gasteiger partial charge >= 0.3 is 6.03 Å². The van der Waals surface area contributed by atoms with Gasteiger partial charge in [-0.2, -0.15) is 0 Å². The zero-order valence-electron chi connectivity index (χ0n) is 8.41. The third-order valence-corrected chi connectivity index (χ3v) is 3.47. The van der Waals surface area contributed by atoms with Crippen molar-refractivity contribution in [3.8, 4) is 0 Å². The number of carbonyl (C=O) groups excluding carboxylic acids is 1. The molecule has 0 bridgehead atoms. The maximum atomic E-state index is 12.0. The second-order valence-corrected chi connectivity index (χ2v) is 4.51. The van der Waals surface area contributed by atoms with Gasteiger partial charge in [0.1, 0.15) is 0 Å². The summed E-state index contributed by atoms with van der Waals surface area (Å²) in [5, 5.41) is 3.39. The van der Waals surface area contributed by atoms with Gasteiger partial charge < -0.3 is 9.80 Å². The molecule has 1 atom stereocenters. The predicted octanol–water partition coefficient (Wildman–Crippen LogP) is 0.596. The van der Waals surface area contributed by atoms with E-state index in [-0.39, 0.29) is 6.03 Å². The van der Waals surface area contributed by atoms with Gasteiger partial charge in [0.15, 0.2) is 0 Å². The molecule has 2 aliphatic heterocycles. The van der Waals surface area contributed by atoms with Gasteiger partial charge in [-0.1, -0.05) is 0 Å². The zero-order valence-corrected chi connectivity index (χ0v) is 8.41. The van der Waals surface area contributed by atoms with Crippen molar-refractivity contribution < 1.29 is 4.79 Å². The second-order valence-electron chi connectivity index (χ2n) is 4.51. The Morgan fingerprint density at radius 3 is 2.57 bits per heavy atom. The minimum absolute atomic E-state index is 0.270. The largest absolute Gasteiger partial charge is 0.321 e. The average molecular weight is 195 g/mol. The Hall–Kier alpha value is -0.770. The van der Waals surface area contributed by atoms with Gasteiger partial charge in [-0.05, 0) is 32.2 Å². The first-order chi connectivity index (χ1) is 6.86. The Morgan fingerprint density at radius 1 is 1.14 bits per heavy atom. The smallest absolute Gasteiger partial charge is 0.320 e. The molecule has 2 heterocycles. The Morgan fingerprint density at radius 2 is 1.93 bits per heavy atom. The number of rotatable bonds is 2.